The molecule has 0 bridgehead atoms. The summed E-state index contributed by atoms with van der Waals surface area (Å²) < 4.78 is 5.35. The van der Waals surface area contributed by atoms with Crippen LogP contribution < -0.4 is 0 Å². The molecular formula is C22H17N3O. The third kappa shape index (κ3) is 3.03. The molecule has 0 unspecified atom stereocenters. The summed E-state index contributed by atoms with van der Waals surface area (Å²) in [6, 6.07) is 20.0. The summed E-state index contributed by atoms with van der Waals surface area (Å²) in [5.41, 5.74) is 5.49. The number of nitrogens with zero attached hydrogens (tertiary/aromatic N) is 2. The van der Waals surface area contributed by atoms with Gasteiger partial charge in [-0.2, -0.15) is 0 Å². The van der Waals surface area contributed by atoms with Gasteiger partial charge in [0.05, 0.1) is 11.3 Å². The quantitative estimate of drug-likeness (QED) is 0.536. The van der Waals surface area contributed by atoms with Gasteiger partial charge in [0.2, 0.25) is 0 Å². The van der Waals surface area contributed by atoms with E-state index in [1.807, 2.05) is 74.5 Å². The molecule has 4 aromatic rings. The van der Waals surface area contributed by atoms with E-state index >= 15 is 0 Å². The number of aryl methyl sites for hydroxylation is 2. The smallest absolute Gasteiger partial charge is 0.183 e. The summed E-state index contributed by atoms with van der Waals surface area (Å²) in [6.07, 6.45) is 0. The van der Waals surface area contributed by atoms with Crippen molar-refractivity contribution in [3.63, 3.8) is 0 Å². The Kier molecular flexibility index (Phi) is 4.12. The molecule has 0 aliphatic carbocycles. The van der Waals surface area contributed by atoms with Crippen LogP contribution in [0.3, 0.4) is 0 Å². The fraction of sp³-hybridized carbons (Fsp3) is 0.0909. The van der Waals surface area contributed by atoms with Gasteiger partial charge in [0.15, 0.2) is 5.82 Å². The third-order valence-corrected chi connectivity index (χ3v) is 4.15. The zero-order chi connectivity index (χ0) is 17.9. The number of hydrogen-bond acceptors (Lipinski definition) is 3. The number of imidazole rings is 1. The maximum absolute atomic E-state index is 5.35. The zero-order valence-corrected chi connectivity index (χ0v) is 14.6. The average molecular weight is 339 g/mol. The second kappa shape index (κ2) is 6.73. The summed E-state index contributed by atoms with van der Waals surface area (Å²) in [4.78, 5) is 7.88. The summed E-state index contributed by atoms with van der Waals surface area (Å²) in [5.74, 6) is 7.60. The van der Waals surface area contributed by atoms with Crippen LogP contribution in [0.4, 0.5) is 0 Å². The minimum atomic E-state index is 0.626. The van der Waals surface area contributed by atoms with Gasteiger partial charge in [0.1, 0.15) is 11.5 Å². The Morgan fingerprint density at radius 1 is 0.808 bits per heavy atom. The predicted molar refractivity (Wildman–Crippen MR) is 101 cm³/mol. The van der Waals surface area contributed by atoms with E-state index in [0.29, 0.717) is 11.6 Å². The lowest BCUT2D eigenvalue weighted by Gasteiger charge is -1.96. The van der Waals surface area contributed by atoms with Crippen molar-refractivity contribution in [2.45, 2.75) is 13.8 Å². The zero-order valence-electron chi connectivity index (χ0n) is 14.6. The van der Waals surface area contributed by atoms with Gasteiger partial charge in [-0.05, 0) is 19.8 Å². The molecule has 1 N–H and O–H groups in total. The van der Waals surface area contributed by atoms with Gasteiger partial charge in [0.25, 0.3) is 0 Å². The van der Waals surface area contributed by atoms with Crippen LogP contribution in [0, 0.1) is 25.7 Å². The number of hydrogen-bond donors (Lipinski definition) is 1. The molecule has 0 radical (unpaired) electrons. The summed E-state index contributed by atoms with van der Waals surface area (Å²) in [5, 5.41) is 4.16. The molecule has 0 amide bonds. The van der Waals surface area contributed by atoms with Crippen LogP contribution in [-0.2, 0) is 0 Å². The third-order valence-electron chi connectivity index (χ3n) is 4.15. The van der Waals surface area contributed by atoms with Crippen LogP contribution in [0.15, 0.2) is 65.2 Å². The van der Waals surface area contributed by atoms with Crippen LogP contribution in [-0.4, -0.2) is 15.1 Å². The van der Waals surface area contributed by atoms with Gasteiger partial charge in [-0.15, -0.1) is 0 Å². The number of aromatic amines is 1. The Labute approximate surface area is 151 Å². The SMILES string of the molecule is Cc1[nH]c(C#Cc2c(-c3ccccc3)noc2C)nc1-c1ccccc1. The van der Waals surface area contributed by atoms with Crippen LogP contribution in [0.1, 0.15) is 22.8 Å². The average Bonchev–Trinajstić information content (AvgIpc) is 3.24. The minimum absolute atomic E-state index is 0.626. The van der Waals surface area contributed by atoms with Gasteiger partial charge in [0, 0.05) is 16.8 Å². The first-order valence-electron chi connectivity index (χ1n) is 8.38. The molecule has 0 spiro atoms. The molecule has 26 heavy (non-hydrogen) atoms. The molecule has 126 valence electrons. The first-order chi connectivity index (χ1) is 12.7. The Hall–Kier alpha value is -3.58. The van der Waals surface area contributed by atoms with E-state index in [1.54, 1.807) is 0 Å². The molecule has 2 aromatic heterocycles. The highest BCUT2D eigenvalue weighted by molar-refractivity contribution is 5.68. The van der Waals surface area contributed by atoms with Crippen LogP contribution in [0.25, 0.3) is 22.5 Å². The van der Waals surface area contributed by atoms with Crippen molar-refractivity contribution in [1.29, 1.82) is 0 Å². The van der Waals surface area contributed by atoms with Gasteiger partial charge < -0.3 is 9.51 Å². The normalized spacial score (nSPS) is 10.4. The molecular weight excluding hydrogens is 322 g/mol. The highest BCUT2D eigenvalue weighted by Gasteiger charge is 2.13. The lowest BCUT2D eigenvalue weighted by molar-refractivity contribution is 0.399. The number of rotatable bonds is 2. The van der Waals surface area contributed by atoms with Gasteiger partial charge in [-0.25, -0.2) is 4.98 Å². The van der Waals surface area contributed by atoms with Crippen LogP contribution in [0.5, 0.6) is 0 Å². The first kappa shape index (κ1) is 15.9. The Balaban J connectivity index is 1.71. The topological polar surface area (TPSA) is 54.7 Å². The van der Waals surface area contributed by atoms with E-state index in [1.165, 1.54) is 0 Å². The second-order valence-corrected chi connectivity index (χ2v) is 6.00. The Morgan fingerprint density at radius 3 is 2.08 bits per heavy atom. The Morgan fingerprint density at radius 2 is 1.42 bits per heavy atom. The lowest BCUT2D eigenvalue weighted by atomic mass is 10.1. The van der Waals surface area contributed by atoms with Crippen molar-refractivity contribution in [1.82, 2.24) is 15.1 Å². The fourth-order valence-electron chi connectivity index (χ4n) is 2.83. The number of nitrogens with one attached hydrogen (secondary N) is 1. The summed E-state index contributed by atoms with van der Waals surface area (Å²) >= 11 is 0. The molecule has 4 nitrogen and oxygen atoms in total. The molecule has 4 heteroatoms. The highest BCUT2D eigenvalue weighted by Crippen LogP contribution is 2.24. The molecule has 0 atom stereocenters. The van der Waals surface area contributed by atoms with E-state index in [4.69, 9.17) is 4.52 Å². The molecule has 0 aliphatic rings. The van der Waals surface area contributed by atoms with Gasteiger partial charge >= 0.3 is 0 Å². The minimum Gasteiger partial charge on any atom is -0.360 e. The lowest BCUT2D eigenvalue weighted by Crippen LogP contribution is -1.84. The molecule has 0 aliphatic heterocycles. The maximum Gasteiger partial charge on any atom is 0.183 e. The van der Waals surface area contributed by atoms with E-state index in [2.05, 4.69) is 27.0 Å². The van der Waals surface area contributed by atoms with Gasteiger partial charge in [-0.1, -0.05) is 71.7 Å². The molecule has 2 aromatic carbocycles. The molecule has 4 rings (SSSR count). The van der Waals surface area contributed by atoms with E-state index in [9.17, 15) is 0 Å². The van der Waals surface area contributed by atoms with E-state index in [0.717, 1.165) is 33.8 Å². The number of benzene rings is 2. The first-order valence-corrected chi connectivity index (χ1v) is 8.38. The highest BCUT2D eigenvalue weighted by atomic mass is 16.5. The Bertz CT molecular complexity index is 1100. The van der Waals surface area contributed by atoms with E-state index < -0.39 is 0 Å². The van der Waals surface area contributed by atoms with E-state index in [-0.39, 0.29) is 0 Å². The van der Waals surface area contributed by atoms with Crippen molar-refractivity contribution in [3.8, 4) is 34.4 Å². The number of H-pyrrole nitrogens is 1. The van der Waals surface area contributed by atoms with Gasteiger partial charge in [-0.3, -0.25) is 0 Å². The predicted octanol–water partition coefficient (Wildman–Crippen LogP) is 4.75. The second-order valence-electron chi connectivity index (χ2n) is 6.00. The standard InChI is InChI=1S/C22H17N3O/c1-15-21(17-9-5-3-6-10-17)24-20(23-15)14-13-19-16(2)26-25-22(19)18-11-7-4-8-12-18/h3-12H,1-2H3,(H,23,24). The molecule has 0 saturated carbocycles. The largest absolute Gasteiger partial charge is 0.360 e. The van der Waals surface area contributed by atoms with Crippen molar-refractivity contribution in [2.24, 2.45) is 0 Å². The number of aromatic nitrogens is 3. The molecule has 2 heterocycles. The molecule has 0 saturated heterocycles. The summed E-state index contributed by atoms with van der Waals surface area (Å²) in [6.45, 7) is 3.87. The van der Waals surface area contributed by atoms with Crippen LogP contribution >= 0.6 is 0 Å². The van der Waals surface area contributed by atoms with Crippen molar-refractivity contribution in [3.05, 3.63) is 83.5 Å². The van der Waals surface area contributed by atoms with Crippen molar-refractivity contribution >= 4 is 0 Å². The van der Waals surface area contributed by atoms with Crippen molar-refractivity contribution < 1.29 is 4.52 Å². The van der Waals surface area contributed by atoms with Crippen molar-refractivity contribution in [2.75, 3.05) is 0 Å². The molecule has 0 fully saturated rings. The monoisotopic (exact) mass is 339 g/mol. The fourth-order valence-corrected chi connectivity index (χ4v) is 2.83. The maximum atomic E-state index is 5.35. The summed E-state index contributed by atoms with van der Waals surface area (Å²) in [7, 11) is 0. The van der Waals surface area contributed by atoms with Crippen LogP contribution in [0.2, 0.25) is 0 Å².